The van der Waals surface area contributed by atoms with Crippen molar-refractivity contribution in [2.45, 2.75) is 25.3 Å². The number of rotatable bonds is 1. The van der Waals surface area contributed by atoms with Gasteiger partial charge in [0.15, 0.2) is 0 Å². The minimum atomic E-state index is 0. The minimum absolute atomic E-state index is 0. The summed E-state index contributed by atoms with van der Waals surface area (Å²) in [5, 5.41) is 11.7. The van der Waals surface area contributed by atoms with E-state index in [4.69, 9.17) is 5.21 Å². The lowest BCUT2D eigenvalue weighted by Gasteiger charge is -2.10. The molecule has 1 saturated heterocycles. The zero-order chi connectivity index (χ0) is 6.97. The zero-order valence-electron chi connectivity index (χ0n) is 6.36. The number of hydrogen-bond acceptors (Lipinski definition) is 3. The molecule has 2 rings (SSSR count). The topological polar surface area (TPSA) is 35.8 Å². The molecule has 2 aliphatic rings. The quantitative estimate of drug-likeness (QED) is 0.480. The molecule has 0 aromatic rings. The summed E-state index contributed by atoms with van der Waals surface area (Å²) in [4.78, 5) is 2.40. The van der Waals surface area contributed by atoms with Crippen LogP contribution >= 0.6 is 12.4 Å². The molecule has 0 aromatic carbocycles. The van der Waals surface area contributed by atoms with Gasteiger partial charge in [0, 0.05) is 25.6 Å². The third-order valence-corrected chi connectivity index (χ3v) is 2.28. The molecule has 2 fully saturated rings. The summed E-state index contributed by atoms with van der Waals surface area (Å²) in [5.41, 5.74) is 0.951. The molecule has 0 spiro atoms. The summed E-state index contributed by atoms with van der Waals surface area (Å²) < 4.78 is 0. The molecule has 11 heavy (non-hydrogen) atoms. The van der Waals surface area contributed by atoms with Crippen molar-refractivity contribution < 1.29 is 5.21 Å². The van der Waals surface area contributed by atoms with Crippen LogP contribution in [0.15, 0.2) is 5.16 Å². The zero-order valence-corrected chi connectivity index (χ0v) is 7.18. The van der Waals surface area contributed by atoms with Crippen LogP contribution in [0.2, 0.25) is 0 Å². The second kappa shape index (κ2) is 3.41. The van der Waals surface area contributed by atoms with Crippen molar-refractivity contribution in [2.75, 3.05) is 13.1 Å². The van der Waals surface area contributed by atoms with E-state index in [2.05, 4.69) is 10.1 Å². The van der Waals surface area contributed by atoms with E-state index in [1.807, 2.05) is 0 Å². The minimum Gasteiger partial charge on any atom is -0.411 e. The van der Waals surface area contributed by atoms with Crippen molar-refractivity contribution >= 4 is 18.1 Å². The van der Waals surface area contributed by atoms with Gasteiger partial charge in [-0.05, 0) is 12.8 Å². The number of oxime groups is 1. The van der Waals surface area contributed by atoms with Crippen LogP contribution in [-0.4, -0.2) is 35.0 Å². The van der Waals surface area contributed by atoms with Crippen LogP contribution in [0, 0.1) is 0 Å². The van der Waals surface area contributed by atoms with Gasteiger partial charge in [0.25, 0.3) is 0 Å². The van der Waals surface area contributed by atoms with Gasteiger partial charge in [-0.3, -0.25) is 4.90 Å². The maximum atomic E-state index is 8.45. The smallest absolute Gasteiger partial charge is 0.0723 e. The first-order valence-corrected chi connectivity index (χ1v) is 3.84. The van der Waals surface area contributed by atoms with E-state index in [9.17, 15) is 0 Å². The molecule has 1 heterocycles. The Bertz CT molecular complexity index is 168. The second-order valence-corrected chi connectivity index (χ2v) is 3.12. The van der Waals surface area contributed by atoms with Crippen LogP contribution < -0.4 is 0 Å². The standard InChI is InChI=1S/C7H12N2O.ClH/c10-8-6-3-4-9(5-6)7-1-2-7;/h7,10H,1-5H2;1H. The van der Waals surface area contributed by atoms with Crippen LogP contribution in [0.1, 0.15) is 19.3 Å². The Kier molecular flexibility index (Phi) is 2.73. The number of likely N-dealkylation sites (tertiary alicyclic amines) is 1. The SMILES string of the molecule is Cl.ON=C1CCN(C2CC2)C1. The van der Waals surface area contributed by atoms with Crippen LogP contribution in [0.4, 0.5) is 0 Å². The third-order valence-electron chi connectivity index (χ3n) is 2.28. The Morgan fingerprint density at radius 1 is 1.45 bits per heavy atom. The molecular weight excluding hydrogens is 164 g/mol. The molecule has 64 valence electrons. The van der Waals surface area contributed by atoms with Gasteiger partial charge >= 0.3 is 0 Å². The monoisotopic (exact) mass is 176 g/mol. The average molecular weight is 177 g/mol. The summed E-state index contributed by atoms with van der Waals surface area (Å²) in [6, 6.07) is 0.819. The highest BCUT2D eigenvalue weighted by atomic mass is 35.5. The summed E-state index contributed by atoms with van der Waals surface area (Å²) in [5.74, 6) is 0. The molecule has 0 unspecified atom stereocenters. The fraction of sp³-hybridized carbons (Fsp3) is 0.857. The van der Waals surface area contributed by atoms with Crippen molar-refractivity contribution in [3.63, 3.8) is 0 Å². The second-order valence-electron chi connectivity index (χ2n) is 3.12. The lowest BCUT2D eigenvalue weighted by molar-refractivity contribution is 0.313. The van der Waals surface area contributed by atoms with Crippen molar-refractivity contribution in [1.82, 2.24) is 4.90 Å². The molecule has 4 heteroatoms. The van der Waals surface area contributed by atoms with Crippen LogP contribution in [0.3, 0.4) is 0 Å². The first-order valence-electron chi connectivity index (χ1n) is 3.84. The van der Waals surface area contributed by atoms with Gasteiger partial charge in [-0.2, -0.15) is 0 Å². The first kappa shape index (κ1) is 8.81. The fourth-order valence-electron chi connectivity index (χ4n) is 1.50. The molecule has 1 saturated carbocycles. The van der Waals surface area contributed by atoms with Crippen molar-refractivity contribution in [1.29, 1.82) is 0 Å². The molecule has 0 atom stereocenters. The summed E-state index contributed by atoms with van der Waals surface area (Å²) in [7, 11) is 0. The number of nitrogens with zero attached hydrogens (tertiary/aromatic N) is 2. The van der Waals surface area contributed by atoms with Gasteiger partial charge in [0.1, 0.15) is 0 Å². The third kappa shape index (κ3) is 1.84. The van der Waals surface area contributed by atoms with Crippen molar-refractivity contribution in [2.24, 2.45) is 5.16 Å². The van der Waals surface area contributed by atoms with E-state index < -0.39 is 0 Å². The lowest BCUT2D eigenvalue weighted by atomic mass is 10.3. The molecule has 0 radical (unpaired) electrons. The number of hydrogen-bond donors (Lipinski definition) is 1. The maximum Gasteiger partial charge on any atom is 0.0723 e. The van der Waals surface area contributed by atoms with E-state index >= 15 is 0 Å². The van der Waals surface area contributed by atoms with Gasteiger partial charge in [-0.15, -0.1) is 12.4 Å². The van der Waals surface area contributed by atoms with E-state index in [0.29, 0.717) is 0 Å². The Morgan fingerprint density at radius 3 is 2.64 bits per heavy atom. The predicted octanol–water partition coefficient (Wildman–Crippen LogP) is 1.11. The van der Waals surface area contributed by atoms with Crippen molar-refractivity contribution in [3.05, 3.63) is 0 Å². The van der Waals surface area contributed by atoms with Gasteiger partial charge in [0.05, 0.1) is 5.71 Å². The molecule has 1 aliphatic carbocycles. The Morgan fingerprint density at radius 2 is 2.18 bits per heavy atom. The summed E-state index contributed by atoms with van der Waals surface area (Å²) in [6.45, 7) is 2.01. The Labute approximate surface area is 72.5 Å². The summed E-state index contributed by atoms with van der Waals surface area (Å²) in [6.07, 6.45) is 3.66. The highest BCUT2D eigenvalue weighted by Crippen LogP contribution is 2.28. The molecular formula is C7H13ClN2O. The van der Waals surface area contributed by atoms with Crippen LogP contribution in [-0.2, 0) is 0 Å². The Hall–Kier alpha value is -0.280. The average Bonchev–Trinajstić information content (AvgIpc) is 2.70. The van der Waals surface area contributed by atoms with Gasteiger partial charge in [-0.25, -0.2) is 0 Å². The normalized spacial score (nSPS) is 28.9. The molecule has 0 bridgehead atoms. The summed E-state index contributed by atoms with van der Waals surface area (Å²) >= 11 is 0. The van der Waals surface area contributed by atoms with E-state index in [-0.39, 0.29) is 12.4 Å². The van der Waals surface area contributed by atoms with Crippen LogP contribution in [0.5, 0.6) is 0 Å². The van der Waals surface area contributed by atoms with E-state index in [1.165, 1.54) is 12.8 Å². The van der Waals surface area contributed by atoms with Gasteiger partial charge in [-0.1, -0.05) is 5.16 Å². The largest absolute Gasteiger partial charge is 0.411 e. The molecule has 0 amide bonds. The lowest BCUT2D eigenvalue weighted by Crippen LogP contribution is -2.22. The first-order chi connectivity index (χ1) is 4.90. The van der Waals surface area contributed by atoms with Crippen molar-refractivity contribution in [3.8, 4) is 0 Å². The molecule has 3 nitrogen and oxygen atoms in total. The van der Waals surface area contributed by atoms with E-state index in [1.54, 1.807) is 0 Å². The molecule has 1 aliphatic heterocycles. The van der Waals surface area contributed by atoms with Gasteiger partial charge in [0.2, 0.25) is 0 Å². The predicted molar refractivity (Wildman–Crippen MR) is 45.7 cm³/mol. The highest BCUT2D eigenvalue weighted by molar-refractivity contribution is 5.87. The Balaban J connectivity index is 0.000000605. The van der Waals surface area contributed by atoms with Gasteiger partial charge < -0.3 is 5.21 Å². The fourth-order valence-corrected chi connectivity index (χ4v) is 1.50. The maximum absolute atomic E-state index is 8.45. The van der Waals surface area contributed by atoms with E-state index in [0.717, 1.165) is 31.3 Å². The molecule has 0 aromatic heterocycles. The highest BCUT2D eigenvalue weighted by Gasteiger charge is 2.32. The van der Waals surface area contributed by atoms with Crippen LogP contribution in [0.25, 0.3) is 0 Å². The number of halogens is 1. The molecule has 1 N–H and O–H groups in total.